The first-order valence-corrected chi connectivity index (χ1v) is 6.69. The van der Waals surface area contributed by atoms with E-state index in [0.29, 0.717) is 0 Å². The molecule has 1 aromatic carbocycles. The van der Waals surface area contributed by atoms with Crippen molar-refractivity contribution < 1.29 is 4.42 Å². The minimum Gasteiger partial charge on any atom is -0.459 e. The molecule has 1 heterocycles. The number of furan rings is 1. The molecule has 0 fully saturated rings. The molecule has 0 saturated carbocycles. The fourth-order valence-corrected chi connectivity index (χ4v) is 2.29. The number of hydrogen-bond donors (Lipinski definition) is 1. The van der Waals surface area contributed by atoms with Crippen LogP contribution in [0.4, 0.5) is 0 Å². The third-order valence-corrected chi connectivity index (χ3v) is 3.31. The van der Waals surface area contributed by atoms with Crippen LogP contribution in [0.15, 0.2) is 28.7 Å². The molecule has 1 unspecified atom stereocenters. The number of hydrogen-bond acceptors (Lipinski definition) is 2. The van der Waals surface area contributed by atoms with Crippen molar-refractivity contribution in [3.8, 4) is 0 Å². The summed E-state index contributed by atoms with van der Waals surface area (Å²) in [6, 6.07) is 8.80. The molecule has 0 aliphatic heterocycles. The second-order valence-corrected chi connectivity index (χ2v) is 5.90. The van der Waals surface area contributed by atoms with Gasteiger partial charge < -0.3 is 9.73 Å². The molecule has 18 heavy (non-hydrogen) atoms. The van der Waals surface area contributed by atoms with Gasteiger partial charge in [0.05, 0.1) is 6.04 Å². The van der Waals surface area contributed by atoms with E-state index in [9.17, 15) is 0 Å². The fraction of sp³-hybridized carbons (Fsp3) is 0.500. The Morgan fingerprint density at radius 3 is 2.61 bits per heavy atom. The Bertz CT molecular complexity index is 534. The molecule has 0 saturated heterocycles. The van der Waals surface area contributed by atoms with Crippen LogP contribution in [-0.2, 0) is 5.41 Å². The highest BCUT2D eigenvalue weighted by atomic mass is 16.3. The summed E-state index contributed by atoms with van der Waals surface area (Å²) in [6.45, 7) is 11.9. The highest BCUT2D eigenvalue weighted by Crippen LogP contribution is 2.33. The van der Waals surface area contributed by atoms with Crippen LogP contribution in [0.2, 0.25) is 0 Å². The third-order valence-electron chi connectivity index (χ3n) is 3.31. The van der Waals surface area contributed by atoms with Gasteiger partial charge in [0.2, 0.25) is 0 Å². The normalized spacial score (nSPS) is 14.1. The average molecular weight is 245 g/mol. The molecule has 1 N–H and O–H groups in total. The average Bonchev–Trinajstić information content (AvgIpc) is 2.71. The van der Waals surface area contributed by atoms with Crippen molar-refractivity contribution in [1.29, 1.82) is 0 Å². The zero-order chi connectivity index (χ0) is 13.3. The van der Waals surface area contributed by atoms with Crippen molar-refractivity contribution >= 4 is 11.0 Å². The summed E-state index contributed by atoms with van der Waals surface area (Å²) in [5, 5.41) is 4.58. The molecule has 1 atom stereocenters. The maximum atomic E-state index is 6.08. The molecular formula is C16H23NO. The van der Waals surface area contributed by atoms with Crippen LogP contribution in [-0.4, -0.2) is 6.54 Å². The lowest BCUT2D eigenvalue weighted by molar-refractivity contribution is 0.453. The van der Waals surface area contributed by atoms with Crippen LogP contribution >= 0.6 is 0 Å². The number of nitrogens with one attached hydrogen (secondary N) is 1. The molecule has 0 radical (unpaired) electrons. The third kappa shape index (κ3) is 2.44. The second-order valence-electron chi connectivity index (χ2n) is 5.90. The highest BCUT2D eigenvalue weighted by Gasteiger charge is 2.20. The standard InChI is InChI=1S/C16H23NO/c1-6-17-11(2)14-10-12-8-7-9-13(15(12)18-14)16(3,4)5/h7-11,17H,6H2,1-5H3. The Labute approximate surface area is 109 Å². The summed E-state index contributed by atoms with van der Waals surface area (Å²) < 4.78 is 6.08. The highest BCUT2D eigenvalue weighted by molar-refractivity contribution is 5.82. The van der Waals surface area contributed by atoms with Gasteiger partial charge in [-0.2, -0.15) is 0 Å². The van der Waals surface area contributed by atoms with Crippen molar-refractivity contribution in [3.63, 3.8) is 0 Å². The van der Waals surface area contributed by atoms with E-state index in [1.54, 1.807) is 0 Å². The lowest BCUT2D eigenvalue weighted by Gasteiger charge is -2.19. The predicted molar refractivity (Wildman–Crippen MR) is 77.0 cm³/mol. The van der Waals surface area contributed by atoms with Gasteiger partial charge >= 0.3 is 0 Å². The van der Waals surface area contributed by atoms with Gasteiger partial charge in [-0.3, -0.25) is 0 Å². The Morgan fingerprint density at radius 1 is 1.28 bits per heavy atom. The molecule has 2 nitrogen and oxygen atoms in total. The summed E-state index contributed by atoms with van der Waals surface area (Å²) >= 11 is 0. The number of fused-ring (bicyclic) bond motifs is 1. The van der Waals surface area contributed by atoms with E-state index in [-0.39, 0.29) is 11.5 Å². The first-order chi connectivity index (χ1) is 8.43. The molecule has 2 aromatic rings. The van der Waals surface area contributed by atoms with E-state index in [4.69, 9.17) is 4.42 Å². The minimum absolute atomic E-state index is 0.107. The topological polar surface area (TPSA) is 25.2 Å². The van der Waals surface area contributed by atoms with Gasteiger partial charge in [-0.05, 0) is 24.9 Å². The predicted octanol–water partition coefficient (Wildman–Crippen LogP) is 4.40. The van der Waals surface area contributed by atoms with Crippen LogP contribution in [0.5, 0.6) is 0 Å². The smallest absolute Gasteiger partial charge is 0.138 e. The maximum Gasteiger partial charge on any atom is 0.138 e. The first-order valence-electron chi connectivity index (χ1n) is 6.69. The Kier molecular flexibility index (Phi) is 3.49. The Hall–Kier alpha value is -1.28. The van der Waals surface area contributed by atoms with Gasteiger partial charge in [0.25, 0.3) is 0 Å². The van der Waals surface area contributed by atoms with Crippen LogP contribution in [0.1, 0.15) is 52.0 Å². The van der Waals surface area contributed by atoms with Crippen LogP contribution in [0, 0.1) is 0 Å². The van der Waals surface area contributed by atoms with E-state index in [0.717, 1.165) is 17.9 Å². The molecule has 0 aliphatic carbocycles. The van der Waals surface area contributed by atoms with Crippen molar-refractivity contribution in [2.45, 2.75) is 46.1 Å². The number of para-hydroxylation sites is 1. The van der Waals surface area contributed by atoms with Crippen molar-refractivity contribution in [2.24, 2.45) is 0 Å². The summed E-state index contributed by atoms with van der Waals surface area (Å²) in [4.78, 5) is 0. The van der Waals surface area contributed by atoms with Gasteiger partial charge in [-0.1, -0.05) is 45.9 Å². The fourth-order valence-electron chi connectivity index (χ4n) is 2.29. The van der Waals surface area contributed by atoms with Crippen molar-refractivity contribution in [2.75, 3.05) is 6.54 Å². The monoisotopic (exact) mass is 245 g/mol. The van der Waals surface area contributed by atoms with E-state index in [2.05, 4.69) is 64.2 Å². The Morgan fingerprint density at radius 2 is 2.00 bits per heavy atom. The molecule has 98 valence electrons. The summed E-state index contributed by atoms with van der Waals surface area (Å²) in [5.41, 5.74) is 2.41. The molecule has 0 aliphatic rings. The summed E-state index contributed by atoms with van der Waals surface area (Å²) in [6.07, 6.45) is 0. The summed E-state index contributed by atoms with van der Waals surface area (Å²) in [5.74, 6) is 1.02. The minimum atomic E-state index is 0.107. The SMILES string of the molecule is CCNC(C)c1cc2cccc(C(C)(C)C)c2o1. The van der Waals surface area contributed by atoms with Gasteiger partial charge in [0.15, 0.2) is 0 Å². The first kappa shape index (κ1) is 13.2. The van der Waals surface area contributed by atoms with Crippen molar-refractivity contribution in [3.05, 3.63) is 35.6 Å². The molecular weight excluding hydrogens is 222 g/mol. The molecule has 2 heteroatoms. The lowest BCUT2D eigenvalue weighted by Crippen LogP contribution is -2.16. The van der Waals surface area contributed by atoms with Gasteiger partial charge in [0, 0.05) is 10.9 Å². The molecule has 1 aromatic heterocycles. The van der Waals surface area contributed by atoms with E-state index in [1.807, 2.05) is 0 Å². The van der Waals surface area contributed by atoms with E-state index in [1.165, 1.54) is 10.9 Å². The lowest BCUT2D eigenvalue weighted by atomic mass is 9.86. The van der Waals surface area contributed by atoms with Crippen LogP contribution in [0.25, 0.3) is 11.0 Å². The van der Waals surface area contributed by atoms with E-state index >= 15 is 0 Å². The van der Waals surface area contributed by atoms with Crippen molar-refractivity contribution in [1.82, 2.24) is 5.32 Å². The number of rotatable bonds is 3. The van der Waals surface area contributed by atoms with E-state index < -0.39 is 0 Å². The molecule has 0 amide bonds. The van der Waals surface area contributed by atoms with Gasteiger partial charge in [-0.15, -0.1) is 0 Å². The molecule has 2 rings (SSSR count). The summed E-state index contributed by atoms with van der Waals surface area (Å²) in [7, 11) is 0. The Balaban J connectivity index is 2.51. The van der Waals surface area contributed by atoms with Gasteiger partial charge in [-0.25, -0.2) is 0 Å². The zero-order valence-corrected chi connectivity index (χ0v) is 12.0. The quantitative estimate of drug-likeness (QED) is 0.867. The van der Waals surface area contributed by atoms with Gasteiger partial charge in [0.1, 0.15) is 11.3 Å². The number of benzene rings is 1. The van der Waals surface area contributed by atoms with Crippen LogP contribution in [0.3, 0.4) is 0 Å². The van der Waals surface area contributed by atoms with Crippen LogP contribution < -0.4 is 5.32 Å². The maximum absolute atomic E-state index is 6.08. The second kappa shape index (κ2) is 4.77. The largest absolute Gasteiger partial charge is 0.459 e. The molecule has 0 bridgehead atoms. The molecule has 0 spiro atoms. The zero-order valence-electron chi connectivity index (χ0n) is 12.0.